The first kappa shape index (κ1) is 10.9. The third kappa shape index (κ3) is 6.28. The number of hydrogen-bond acceptors (Lipinski definition) is 2. The first-order valence-electron chi connectivity index (χ1n) is 4.01. The molecule has 0 amide bonds. The molecule has 0 fully saturated rings. The van der Waals surface area contributed by atoms with Crippen molar-refractivity contribution in [3.63, 3.8) is 0 Å². The molecule has 1 nitrogen and oxygen atoms in total. The Bertz CT molecular complexity index is 126. The number of rotatable bonds is 5. The fourth-order valence-electron chi connectivity index (χ4n) is 0.701. The molecule has 2 heteroatoms. The van der Waals surface area contributed by atoms with E-state index in [1.807, 2.05) is 11.8 Å². The summed E-state index contributed by atoms with van der Waals surface area (Å²) in [5.41, 5.74) is 0. The molecule has 11 heavy (non-hydrogen) atoms. The summed E-state index contributed by atoms with van der Waals surface area (Å²) in [6.07, 6.45) is 5.32. The summed E-state index contributed by atoms with van der Waals surface area (Å²) in [4.78, 5) is 0. The first-order chi connectivity index (χ1) is 5.20. The minimum atomic E-state index is 0.243. The molecule has 0 aliphatic heterocycles. The monoisotopic (exact) mass is 171 g/mol. The lowest BCUT2D eigenvalue weighted by molar-refractivity contribution is 0.683. The van der Waals surface area contributed by atoms with E-state index < -0.39 is 0 Å². The topological polar surface area (TPSA) is 12.0 Å². The van der Waals surface area contributed by atoms with Crippen LogP contribution < -0.4 is 5.32 Å². The fraction of sp³-hybridized carbons (Fsp3) is 0.778. The maximum Gasteiger partial charge on any atom is 0.0778 e. The summed E-state index contributed by atoms with van der Waals surface area (Å²) in [5, 5.41) is 3.90. The van der Waals surface area contributed by atoms with Crippen LogP contribution in [-0.2, 0) is 0 Å². The summed E-state index contributed by atoms with van der Waals surface area (Å²) in [5.74, 6) is 3.74. The Morgan fingerprint density at radius 3 is 2.55 bits per heavy atom. The van der Waals surface area contributed by atoms with Crippen LogP contribution in [0.25, 0.3) is 0 Å². The van der Waals surface area contributed by atoms with E-state index >= 15 is 0 Å². The SMILES string of the molecule is C#CC(CSC(C)C)NCC. The Morgan fingerprint density at radius 1 is 1.55 bits per heavy atom. The Morgan fingerprint density at radius 2 is 2.18 bits per heavy atom. The van der Waals surface area contributed by atoms with Gasteiger partial charge in [0.25, 0.3) is 0 Å². The van der Waals surface area contributed by atoms with Crippen LogP contribution in [0, 0.1) is 12.3 Å². The van der Waals surface area contributed by atoms with E-state index in [0.717, 1.165) is 12.3 Å². The number of hydrogen-bond donors (Lipinski definition) is 1. The molecule has 0 radical (unpaired) electrons. The van der Waals surface area contributed by atoms with Crippen molar-refractivity contribution < 1.29 is 0 Å². The minimum Gasteiger partial charge on any atom is -0.303 e. The molecule has 0 aromatic rings. The molecule has 0 spiro atoms. The normalized spacial score (nSPS) is 13.0. The third-order valence-electron chi connectivity index (χ3n) is 1.25. The molecular weight excluding hydrogens is 154 g/mol. The van der Waals surface area contributed by atoms with Gasteiger partial charge in [0.15, 0.2) is 0 Å². The lowest BCUT2D eigenvalue weighted by atomic mass is 10.3. The van der Waals surface area contributed by atoms with Crippen molar-refractivity contribution >= 4 is 11.8 Å². The van der Waals surface area contributed by atoms with E-state index in [0.29, 0.717) is 5.25 Å². The van der Waals surface area contributed by atoms with Gasteiger partial charge in [0.05, 0.1) is 6.04 Å². The van der Waals surface area contributed by atoms with E-state index in [1.54, 1.807) is 0 Å². The van der Waals surface area contributed by atoms with Crippen molar-refractivity contribution in [2.75, 3.05) is 12.3 Å². The van der Waals surface area contributed by atoms with Crippen LogP contribution in [0.2, 0.25) is 0 Å². The molecule has 0 saturated carbocycles. The molecule has 1 N–H and O–H groups in total. The van der Waals surface area contributed by atoms with Crippen LogP contribution in [0.5, 0.6) is 0 Å². The molecule has 0 rings (SSSR count). The van der Waals surface area contributed by atoms with Crippen molar-refractivity contribution in [1.82, 2.24) is 5.32 Å². The third-order valence-corrected chi connectivity index (χ3v) is 2.44. The van der Waals surface area contributed by atoms with E-state index in [1.165, 1.54) is 0 Å². The standard InChI is InChI=1S/C9H17NS/c1-5-9(10-6-2)7-11-8(3)4/h1,8-10H,6-7H2,2-4H3. The van der Waals surface area contributed by atoms with Gasteiger partial charge in [-0.05, 0) is 11.8 Å². The second-order valence-electron chi connectivity index (χ2n) is 2.66. The maximum atomic E-state index is 5.32. The molecule has 0 aromatic carbocycles. The molecule has 0 saturated heterocycles. The van der Waals surface area contributed by atoms with Gasteiger partial charge in [-0.3, -0.25) is 0 Å². The summed E-state index contributed by atoms with van der Waals surface area (Å²) < 4.78 is 0. The zero-order chi connectivity index (χ0) is 8.69. The van der Waals surface area contributed by atoms with Crippen molar-refractivity contribution in [2.24, 2.45) is 0 Å². The maximum absolute atomic E-state index is 5.32. The average molecular weight is 171 g/mol. The van der Waals surface area contributed by atoms with Crippen molar-refractivity contribution in [3.05, 3.63) is 0 Å². The van der Waals surface area contributed by atoms with Gasteiger partial charge in [-0.1, -0.05) is 26.7 Å². The number of thioether (sulfide) groups is 1. The Labute approximate surface area is 74.3 Å². The largest absolute Gasteiger partial charge is 0.303 e. The van der Waals surface area contributed by atoms with Gasteiger partial charge in [-0.25, -0.2) is 0 Å². The zero-order valence-electron chi connectivity index (χ0n) is 7.55. The summed E-state index contributed by atoms with van der Waals surface area (Å²) in [7, 11) is 0. The summed E-state index contributed by atoms with van der Waals surface area (Å²) >= 11 is 1.90. The molecule has 0 heterocycles. The van der Waals surface area contributed by atoms with Crippen molar-refractivity contribution in [3.8, 4) is 12.3 Å². The summed E-state index contributed by atoms with van der Waals surface area (Å²) in [6, 6.07) is 0.243. The van der Waals surface area contributed by atoms with Gasteiger partial charge in [-0.2, -0.15) is 11.8 Å². The van der Waals surface area contributed by atoms with Gasteiger partial charge >= 0.3 is 0 Å². The van der Waals surface area contributed by atoms with Crippen LogP contribution in [-0.4, -0.2) is 23.6 Å². The Balaban J connectivity index is 3.46. The van der Waals surface area contributed by atoms with Gasteiger partial charge in [0, 0.05) is 5.75 Å². The van der Waals surface area contributed by atoms with Crippen LogP contribution in [0.15, 0.2) is 0 Å². The van der Waals surface area contributed by atoms with E-state index in [9.17, 15) is 0 Å². The minimum absolute atomic E-state index is 0.243. The molecule has 0 bridgehead atoms. The molecule has 64 valence electrons. The quantitative estimate of drug-likeness (QED) is 0.632. The first-order valence-corrected chi connectivity index (χ1v) is 5.06. The highest BCUT2D eigenvalue weighted by atomic mass is 32.2. The highest BCUT2D eigenvalue weighted by molar-refractivity contribution is 7.99. The molecule has 1 atom stereocenters. The number of nitrogens with one attached hydrogen (secondary N) is 1. The van der Waals surface area contributed by atoms with E-state index in [-0.39, 0.29) is 6.04 Å². The molecular formula is C9H17NS. The average Bonchev–Trinajstić information content (AvgIpc) is 1.97. The lowest BCUT2D eigenvalue weighted by Gasteiger charge is -2.12. The van der Waals surface area contributed by atoms with Crippen LogP contribution in [0.4, 0.5) is 0 Å². The molecule has 0 aromatic heterocycles. The fourth-order valence-corrected chi connectivity index (χ4v) is 1.49. The molecule has 0 aliphatic rings. The predicted octanol–water partition coefficient (Wildman–Crippen LogP) is 1.74. The van der Waals surface area contributed by atoms with Gasteiger partial charge < -0.3 is 5.32 Å². The van der Waals surface area contributed by atoms with Gasteiger partial charge in [0.1, 0.15) is 0 Å². The molecule has 0 aliphatic carbocycles. The van der Waals surface area contributed by atoms with Gasteiger partial charge in [-0.15, -0.1) is 6.42 Å². The second kappa shape index (κ2) is 6.57. The van der Waals surface area contributed by atoms with E-state index in [4.69, 9.17) is 6.42 Å². The highest BCUT2D eigenvalue weighted by Gasteiger charge is 2.03. The van der Waals surface area contributed by atoms with Crippen LogP contribution >= 0.6 is 11.8 Å². The Hall–Kier alpha value is -0.130. The van der Waals surface area contributed by atoms with Crippen molar-refractivity contribution in [2.45, 2.75) is 32.1 Å². The lowest BCUT2D eigenvalue weighted by Crippen LogP contribution is -2.29. The summed E-state index contributed by atoms with van der Waals surface area (Å²) in [6.45, 7) is 7.40. The Kier molecular flexibility index (Phi) is 6.49. The molecule has 1 unspecified atom stereocenters. The van der Waals surface area contributed by atoms with Gasteiger partial charge in [0.2, 0.25) is 0 Å². The zero-order valence-corrected chi connectivity index (χ0v) is 8.37. The smallest absolute Gasteiger partial charge is 0.0778 e. The predicted molar refractivity (Wildman–Crippen MR) is 53.9 cm³/mol. The number of terminal acetylenes is 1. The van der Waals surface area contributed by atoms with Crippen molar-refractivity contribution in [1.29, 1.82) is 0 Å². The van der Waals surface area contributed by atoms with Crippen LogP contribution in [0.3, 0.4) is 0 Å². The second-order valence-corrected chi connectivity index (χ2v) is 4.27. The van der Waals surface area contributed by atoms with E-state index in [2.05, 4.69) is 32.0 Å². The van der Waals surface area contributed by atoms with Crippen LogP contribution in [0.1, 0.15) is 20.8 Å². The highest BCUT2D eigenvalue weighted by Crippen LogP contribution is 2.09.